The van der Waals surface area contributed by atoms with E-state index in [1.54, 1.807) is 0 Å². The molecule has 1 heterocycles. The minimum Gasteiger partial charge on any atom is -0.477 e. The quantitative estimate of drug-likeness (QED) is 0.517. The highest BCUT2D eigenvalue weighted by Gasteiger charge is 1.97. The molecular formula is C7H9NO. The lowest BCUT2D eigenvalue weighted by molar-refractivity contribution is 0.378. The first kappa shape index (κ1) is 6.08. The molecule has 2 heteroatoms. The molecule has 0 unspecified atom stereocenters. The van der Waals surface area contributed by atoms with Crippen LogP contribution in [0.15, 0.2) is 28.9 Å². The lowest BCUT2D eigenvalue weighted by atomic mass is 10.4. The first-order valence-corrected chi connectivity index (χ1v) is 2.89. The first-order chi connectivity index (χ1) is 4.43. The lowest BCUT2D eigenvalue weighted by Crippen LogP contribution is -1.80. The van der Waals surface area contributed by atoms with Crippen molar-refractivity contribution in [2.45, 2.75) is 6.92 Å². The van der Waals surface area contributed by atoms with Crippen LogP contribution in [0.25, 0.3) is 0 Å². The van der Waals surface area contributed by atoms with E-state index in [2.05, 4.69) is 4.99 Å². The number of allylic oxidation sites excluding steroid dienone is 3. The maximum Gasteiger partial charge on any atom is 0.174 e. The Labute approximate surface area is 54.6 Å². The highest BCUT2D eigenvalue weighted by Crippen LogP contribution is 2.02. The SMILES string of the molecule is CC=CC=C1COC=N1. The molecule has 2 nitrogen and oxygen atoms in total. The van der Waals surface area contributed by atoms with E-state index in [-0.39, 0.29) is 0 Å². The zero-order valence-corrected chi connectivity index (χ0v) is 5.37. The Hall–Kier alpha value is -1.05. The number of aliphatic imine (C=N–C) groups is 1. The van der Waals surface area contributed by atoms with Gasteiger partial charge in [0.05, 0.1) is 5.70 Å². The van der Waals surface area contributed by atoms with Gasteiger partial charge >= 0.3 is 0 Å². The van der Waals surface area contributed by atoms with Crippen molar-refractivity contribution in [2.24, 2.45) is 4.99 Å². The van der Waals surface area contributed by atoms with Crippen LogP contribution in [0.3, 0.4) is 0 Å². The van der Waals surface area contributed by atoms with E-state index in [9.17, 15) is 0 Å². The predicted molar refractivity (Wildman–Crippen MR) is 37.3 cm³/mol. The topological polar surface area (TPSA) is 21.6 Å². The Morgan fingerprint density at radius 3 is 3.22 bits per heavy atom. The zero-order valence-electron chi connectivity index (χ0n) is 5.37. The summed E-state index contributed by atoms with van der Waals surface area (Å²) in [7, 11) is 0. The van der Waals surface area contributed by atoms with E-state index in [1.807, 2.05) is 25.2 Å². The molecular weight excluding hydrogens is 114 g/mol. The third-order valence-electron chi connectivity index (χ3n) is 1.01. The minimum atomic E-state index is 0.615. The Balaban J connectivity index is 2.50. The molecule has 0 radical (unpaired) electrons. The number of nitrogens with zero attached hydrogens (tertiary/aromatic N) is 1. The van der Waals surface area contributed by atoms with Crippen molar-refractivity contribution in [3.63, 3.8) is 0 Å². The fraction of sp³-hybridized carbons (Fsp3) is 0.286. The Bertz CT molecular complexity index is 168. The molecule has 0 aromatic carbocycles. The van der Waals surface area contributed by atoms with Gasteiger partial charge in [-0.15, -0.1) is 0 Å². The van der Waals surface area contributed by atoms with Crippen molar-refractivity contribution in [3.05, 3.63) is 23.9 Å². The Kier molecular flexibility index (Phi) is 2.07. The average Bonchev–Trinajstić information content (AvgIpc) is 2.34. The predicted octanol–water partition coefficient (Wildman–Crippen LogP) is 1.50. The third kappa shape index (κ3) is 1.72. The highest BCUT2D eigenvalue weighted by atomic mass is 16.5. The van der Waals surface area contributed by atoms with Gasteiger partial charge in [0.15, 0.2) is 6.40 Å². The van der Waals surface area contributed by atoms with Crippen molar-refractivity contribution >= 4 is 6.40 Å². The average molecular weight is 123 g/mol. The van der Waals surface area contributed by atoms with E-state index < -0.39 is 0 Å². The van der Waals surface area contributed by atoms with Gasteiger partial charge in [-0.25, -0.2) is 4.99 Å². The van der Waals surface area contributed by atoms with Gasteiger partial charge in [0, 0.05) is 0 Å². The van der Waals surface area contributed by atoms with Crippen LogP contribution in [0.4, 0.5) is 0 Å². The van der Waals surface area contributed by atoms with Crippen LogP contribution in [-0.2, 0) is 4.74 Å². The summed E-state index contributed by atoms with van der Waals surface area (Å²) in [6.07, 6.45) is 7.31. The highest BCUT2D eigenvalue weighted by molar-refractivity contribution is 5.52. The largest absolute Gasteiger partial charge is 0.477 e. The van der Waals surface area contributed by atoms with E-state index in [4.69, 9.17) is 4.74 Å². The summed E-state index contributed by atoms with van der Waals surface area (Å²) in [4.78, 5) is 3.94. The van der Waals surface area contributed by atoms with Gasteiger partial charge in [0.1, 0.15) is 6.61 Å². The summed E-state index contributed by atoms with van der Waals surface area (Å²) in [6.45, 7) is 2.58. The minimum absolute atomic E-state index is 0.615. The zero-order chi connectivity index (χ0) is 6.53. The molecule has 0 fully saturated rings. The van der Waals surface area contributed by atoms with Crippen molar-refractivity contribution in [1.29, 1.82) is 0 Å². The smallest absolute Gasteiger partial charge is 0.174 e. The molecule has 48 valence electrons. The number of hydrogen-bond donors (Lipinski definition) is 0. The molecule has 0 saturated carbocycles. The molecule has 1 aliphatic heterocycles. The van der Waals surface area contributed by atoms with Crippen molar-refractivity contribution in [2.75, 3.05) is 6.61 Å². The van der Waals surface area contributed by atoms with Gasteiger partial charge in [-0.1, -0.05) is 12.2 Å². The molecule has 0 amide bonds. The summed E-state index contributed by atoms with van der Waals surface area (Å²) in [6, 6.07) is 0. The summed E-state index contributed by atoms with van der Waals surface area (Å²) < 4.78 is 4.86. The van der Waals surface area contributed by atoms with Crippen LogP contribution in [0.2, 0.25) is 0 Å². The number of hydrogen-bond acceptors (Lipinski definition) is 2. The van der Waals surface area contributed by atoms with E-state index in [1.165, 1.54) is 6.40 Å². The van der Waals surface area contributed by atoms with Crippen LogP contribution in [-0.4, -0.2) is 13.0 Å². The normalized spacial score (nSPS) is 21.7. The summed E-state index contributed by atoms with van der Waals surface area (Å²) in [5.41, 5.74) is 0.980. The number of rotatable bonds is 1. The molecule has 1 rings (SSSR count). The molecule has 9 heavy (non-hydrogen) atoms. The molecule has 0 bridgehead atoms. The summed E-state index contributed by atoms with van der Waals surface area (Å²) in [5, 5.41) is 0. The molecule has 1 aliphatic rings. The fourth-order valence-electron chi connectivity index (χ4n) is 0.563. The van der Waals surface area contributed by atoms with Gasteiger partial charge in [-0.3, -0.25) is 0 Å². The van der Waals surface area contributed by atoms with Crippen molar-refractivity contribution < 1.29 is 4.74 Å². The fourth-order valence-corrected chi connectivity index (χ4v) is 0.563. The van der Waals surface area contributed by atoms with Gasteiger partial charge in [0.2, 0.25) is 0 Å². The second kappa shape index (κ2) is 3.07. The van der Waals surface area contributed by atoms with Gasteiger partial charge in [-0.2, -0.15) is 0 Å². The molecule has 0 aromatic rings. The summed E-state index contributed by atoms with van der Waals surface area (Å²) >= 11 is 0. The maximum absolute atomic E-state index is 4.86. The Morgan fingerprint density at radius 2 is 2.67 bits per heavy atom. The summed E-state index contributed by atoms with van der Waals surface area (Å²) in [5.74, 6) is 0. The van der Waals surface area contributed by atoms with Crippen LogP contribution in [0.5, 0.6) is 0 Å². The molecule has 0 saturated heterocycles. The molecule has 0 aliphatic carbocycles. The van der Waals surface area contributed by atoms with Crippen LogP contribution in [0, 0.1) is 0 Å². The second-order valence-electron chi connectivity index (χ2n) is 1.73. The maximum atomic E-state index is 4.86. The second-order valence-corrected chi connectivity index (χ2v) is 1.73. The van der Waals surface area contributed by atoms with Crippen LogP contribution < -0.4 is 0 Å². The van der Waals surface area contributed by atoms with Gasteiger partial charge in [0.25, 0.3) is 0 Å². The number of ether oxygens (including phenoxy) is 1. The molecule has 0 atom stereocenters. The van der Waals surface area contributed by atoms with Crippen LogP contribution >= 0.6 is 0 Å². The first-order valence-electron chi connectivity index (χ1n) is 2.89. The molecule has 0 spiro atoms. The third-order valence-corrected chi connectivity index (χ3v) is 1.01. The van der Waals surface area contributed by atoms with Gasteiger partial charge < -0.3 is 4.74 Å². The van der Waals surface area contributed by atoms with Crippen molar-refractivity contribution in [1.82, 2.24) is 0 Å². The lowest BCUT2D eigenvalue weighted by Gasteiger charge is -1.84. The van der Waals surface area contributed by atoms with Crippen LogP contribution in [0.1, 0.15) is 6.92 Å². The van der Waals surface area contributed by atoms with Crippen molar-refractivity contribution in [3.8, 4) is 0 Å². The molecule has 0 N–H and O–H groups in total. The van der Waals surface area contributed by atoms with Gasteiger partial charge in [-0.05, 0) is 13.0 Å². The monoisotopic (exact) mass is 123 g/mol. The Morgan fingerprint density at radius 1 is 1.78 bits per heavy atom. The van der Waals surface area contributed by atoms with E-state index in [0.717, 1.165) is 5.70 Å². The van der Waals surface area contributed by atoms with E-state index in [0.29, 0.717) is 6.61 Å². The van der Waals surface area contributed by atoms with E-state index >= 15 is 0 Å². The molecule has 0 aromatic heterocycles. The standard InChI is InChI=1S/C7H9NO/c1-2-3-4-7-5-9-6-8-7/h2-4,6H,5H2,1H3.